The zero-order valence-electron chi connectivity index (χ0n) is 6.89. The van der Waals surface area contributed by atoms with E-state index in [1.807, 2.05) is 0 Å². The van der Waals surface area contributed by atoms with E-state index >= 15 is 0 Å². The summed E-state index contributed by atoms with van der Waals surface area (Å²) in [6, 6.07) is 0.669. The van der Waals surface area contributed by atoms with Crippen LogP contribution in [0.25, 0.3) is 0 Å². The van der Waals surface area contributed by atoms with Crippen molar-refractivity contribution in [3.05, 3.63) is 0 Å². The number of nitrogens with one attached hydrogen (secondary N) is 1. The van der Waals surface area contributed by atoms with Crippen molar-refractivity contribution in [2.75, 3.05) is 19.8 Å². The summed E-state index contributed by atoms with van der Waals surface area (Å²) in [4.78, 5) is 0. The minimum atomic E-state index is 0.669. The maximum absolute atomic E-state index is 5.31. The van der Waals surface area contributed by atoms with E-state index in [2.05, 4.69) is 19.2 Å². The zero-order valence-corrected chi connectivity index (χ0v) is 6.89. The average molecular weight is 143 g/mol. The molecule has 0 saturated carbocycles. The molecular weight excluding hydrogens is 126 g/mol. The van der Waals surface area contributed by atoms with Crippen LogP contribution in [-0.2, 0) is 4.74 Å². The van der Waals surface area contributed by atoms with Gasteiger partial charge in [-0.25, -0.2) is 0 Å². The van der Waals surface area contributed by atoms with Gasteiger partial charge in [0.05, 0.1) is 6.61 Å². The van der Waals surface area contributed by atoms with E-state index in [0.29, 0.717) is 6.04 Å². The second-order valence-corrected chi connectivity index (χ2v) is 3.21. The Hall–Kier alpha value is -0.0800. The van der Waals surface area contributed by atoms with Crippen molar-refractivity contribution in [3.8, 4) is 0 Å². The van der Waals surface area contributed by atoms with Crippen molar-refractivity contribution >= 4 is 0 Å². The van der Waals surface area contributed by atoms with Crippen LogP contribution in [0.3, 0.4) is 0 Å². The molecule has 1 aliphatic heterocycles. The van der Waals surface area contributed by atoms with Crippen LogP contribution < -0.4 is 5.32 Å². The van der Waals surface area contributed by atoms with E-state index in [9.17, 15) is 0 Å². The molecule has 1 rings (SSSR count). The molecule has 0 aromatic carbocycles. The molecule has 1 atom stereocenters. The topological polar surface area (TPSA) is 21.3 Å². The third-order valence-corrected chi connectivity index (χ3v) is 2.03. The van der Waals surface area contributed by atoms with Gasteiger partial charge >= 0.3 is 0 Å². The summed E-state index contributed by atoms with van der Waals surface area (Å²) in [6.07, 6.45) is 1.16. The lowest BCUT2D eigenvalue weighted by Gasteiger charge is -2.18. The maximum Gasteiger partial charge on any atom is 0.0591 e. The Labute approximate surface area is 63.0 Å². The molecule has 0 aliphatic carbocycles. The molecule has 0 aromatic heterocycles. The first-order chi connectivity index (χ1) is 4.80. The van der Waals surface area contributed by atoms with Crippen molar-refractivity contribution in [2.24, 2.45) is 5.92 Å². The number of hydrogen-bond acceptors (Lipinski definition) is 2. The van der Waals surface area contributed by atoms with E-state index in [0.717, 1.165) is 32.1 Å². The predicted octanol–water partition coefficient (Wildman–Crippen LogP) is 1.02. The Morgan fingerprint density at radius 3 is 2.90 bits per heavy atom. The van der Waals surface area contributed by atoms with Crippen LogP contribution in [0, 0.1) is 5.92 Å². The summed E-state index contributed by atoms with van der Waals surface area (Å²) >= 11 is 0. The molecule has 60 valence electrons. The molecule has 0 bridgehead atoms. The van der Waals surface area contributed by atoms with Gasteiger partial charge in [0.15, 0.2) is 0 Å². The lowest BCUT2D eigenvalue weighted by Crippen LogP contribution is -2.33. The van der Waals surface area contributed by atoms with Gasteiger partial charge < -0.3 is 10.1 Å². The fraction of sp³-hybridized carbons (Fsp3) is 1.00. The van der Waals surface area contributed by atoms with Crippen LogP contribution in [0.4, 0.5) is 0 Å². The molecule has 0 radical (unpaired) electrons. The Morgan fingerprint density at radius 2 is 2.20 bits per heavy atom. The quantitative estimate of drug-likeness (QED) is 0.591. The summed E-state index contributed by atoms with van der Waals surface area (Å²) in [7, 11) is 0. The first-order valence-corrected chi connectivity index (χ1v) is 4.12. The third-order valence-electron chi connectivity index (χ3n) is 2.03. The summed E-state index contributed by atoms with van der Waals surface area (Å²) < 4.78 is 5.31. The molecule has 1 unspecified atom stereocenters. The molecule has 2 heteroatoms. The van der Waals surface area contributed by atoms with Crippen molar-refractivity contribution in [3.63, 3.8) is 0 Å². The first kappa shape index (κ1) is 8.02. The summed E-state index contributed by atoms with van der Waals surface area (Å²) in [5.41, 5.74) is 0. The monoisotopic (exact) mass is 143 g/mol. The van der Waals surface area contributed by atoms with Gasteiger partial charge in [-0.2, -0.15) is 0 Å². The molecule has 0 spiro atoms. The molecule has 0 amide bonds. The minimum absolute atomic E-state index is 0.669. The van der Waals surface area contributed by atoms with Gasteiger partial charge in [-0.05, 0) is 12.3 Å². The minimum Gasteiger partial charge on any atom is -0.380 e. The molecular formula is C8H17NO. The highest BCUT2D eigenvalue weighted by molar-refractivity contribution is 4.71. The van der Waals surface area contributed by atoms with Crippen LogP contribution in [0.1, 0.15) is 20.3 Å². The highest BCUT2D eigenvalue weighted by Crippen LogP contribution is 2.07. The lowest BCUT2D eigenvalue weighted by molar-refractivity contribution is 0.148. The first-order valence-electron chi connectivity index (χ1n) is 4.12. The van der Waals surface area contributed by atoms with Crippen LogP contribution in [0.2, 0.25) is 0 Å². The molecule has 0 aromatic rings. The van der Waals surface area contributed by atoms with Crippen molar-refractivity contribution in [2.45, 2.75) is 26.3 Å². The number of hydrogen-bond donors (Lipinski definition) is 1. The fourth-order valence-electron chi connectivity index (χ4n) is 1.30. The average Bonchev–Trinajstić information content (AvgIpc) is 2.12. The van der Waals surface area contributed by atoms with E-state index in [1.165, 1.54) is 0 Å². The van der Waals surface area contributed by atoms with E-state index in [4.69, 9.17) is 4.74 Å². The summed E-state index contributed by atoms with van der Waals surface area (Å²) in [5, 5.41) is 3.46. The highest BCUT2D eigenvalue weighted by Gasteiger charge is 2.14. The fourth-order valence-corrected chi connectivity index (χ4v) is 1.30. The van der Waals surface area contributed by atoms with Gasteiger partial charge in [-0.15, -0.1) is 0 Å². The van der Waals surface area contributed by atoms with Gasteiger partial charge in [0.25, 0.3) is 0 Å². The van der Waals surface area contributed by atoms with Crippen molar-refractivity contribution in [1.29, 1.82) is 0 Å². The van der Waals surface area contributed by atoms with Crippen molar-refractivity contribution < 1.29 is 4.74 Å². The number of rotatable bonds is 1. The Kier molecular flexibility index (Phi) is 3.16. The predicted molar refractivity (Wildman–Crippen MR) is 42.1 cm³/mol. The van der Waals surface area contributed by atoms with Crippen LogP contribution >= 0.6 is 0 Å². The SMILES string of the molecule is CC(C)C1CCOCCN1. The lowest BCUT2D eigenvalue weighted by atomic mass is 10.0. The largest absolute Gasteiger partial charge is 0.380 e. The smallest absolute Gasteiger partial charge is 0.0591 e. The van der Waals surface area contributed by atoms with Gasteiger partial charge in [-0.1, -0.05) is 13.8 Å². The Balaban J connectivity index is 2.28. The highest BCUT2D eigenvalue weighted by atomic mass is 16.5. The molecule has 1 N–H and O–H groups in total. The standard InChI is InChI=1S/C8H17NO/c1-7(2)8-3-5-10-6-4-9-8/h7-9H,3-6H2,1-2H3. The molecule has 2 nitrogen and oxygen atoms in total. The summed E-state index contributed by atoms with van der Waals surface area (Å²) in [5.74, 6) is 0.738. The summed E-state index contributed by atoms with van der Waals surface area (Å²) in [6.45, 7) is 7.33. The van der Waals surface area contributed by atoms with Crippen LogP contribution in [0.5, 0.6) is 0 Å². The van der Waals surface area contributed by atoms with E-state index in [-0.39, 0.29) is 0 Å². The van der Waals surface area contributed by atoms with E-state index in [1.54, 1.807) is 0 Å². The van der Waals surface area contributed by atoms with E-state index < -0.39 is 0 Å². The van der Waals surface area contributed by atoms with Gasteiger partial charge in [-0.3, -0.25) is 0 Å². The third kappa shape index (κ3) is 2.27. The second-order valence-electron chi connectivity index (χ2n) is 3.21. The molecule has 1 saturated heterocycles. The van der Waals surface area contributed by atoms with Gasteiger partial charge in [0.1, 0.15) is 0 Å². The van der Waals surface area contributed by atoms with Gasteiger partial charge in [0.2, 0.25) is 0 Å². The molecule has 1 fully saturated rings. The molecule has 1 heterocycles. The number of ether oxygens (including phenoxy) is 1. The molecule has 1 aliphatic rings. The normalized spacial score (nSPS) is 28.5. The zero-order chi connectivity index (χ0) is 7.40. The molecule has 10 heavy (non-hydrogen) atoms. The Bertz CT molecular complexity index is 85.3. The second kappa shape index (κ2) is 3.94. The van der Waals surface area contributed by atoms with Crippen LogP contribution in [0.15, 0.2) is 0 Å². The van der Waals surface area contributed by atoms with Gasteiger partial charge in [0, 0.05) is 19.2 Å². The maximum atomic E-state index is 5.31. The van der Waals surface area contributed by atoms with Crippen LogP contribution in [-0.4, -0.2) is 25.8 Å². The van der Waals surface area contributed by atoms with Crippen molar-refractivity contribution in [1.82, 2.24) is 5.32 Å². The Morgan fingerprint density at radius 1 is 1.40 bits per heavy atom.